The molecule has 1 aliphatic carbocycles. The van der Waals surface area contributed by atoms with Gasteiger partial charge in [-0.25, -0.2) is 14.4 Å². The third-order valence-electron chi connectivity index (χ3n) is 6.13. The maximum atomic E-state index is 13.4. The Morgan fingerprint density at radius 3 is 2.60 bits per heavy atom. The van der Waals surface area contributed by atoms with Crippen molar-refractivity contribution in [2.24, 2.45) is 0 Å². The molecule has 0 aliphatic heterocycles. The second-order valence-corrected chi connectivity index (χ2v) is 9.00. The van der Waals surface area contributed by atoms with Crippen LogP contribution in [0.15, 0.2) is 72.9 Å². The molecule has 35 heavy (non-hydrogen) atoms. The Kier molecular flexibility index (Phi) is 6.77. The average molecular weight is 491 g/mol. The van der Waals surface area contributed by atoms with Crippen molar-refractivity contribution in [2.75, 3.05) is 5.32 Å². The lowest BCUT2D eigenvalue weighted by atomic mass is 9.91. The van der Waals surface area contributed by atoms with Gasteiger partial charge in [0.15, 0.2) is 0 Å². The highest BCUT2D eigenvalue weighted by molar-refractivity contribution is 6.30. The number of para-hydroxylation sites is 1. The fraction of sp³-hybridized carbons (Fsp3) is 0.222. The minimum atomic E-state index is -0.542. The number of amides is 1. The first kappa shape index (κ1) is 23.1. The standard InChI is InChI=1S/C27H24ClFN4O2/c28-22-16-20(12-13-23(22)29)35-27-21(5-3-15-30-27)26(34)32-19-10-8-18(9-11-19)31-25-14-7-17-4-1-2-6-24(17)33-25/h1-7,12-16,18-19H,8-11H2,(H,31,33)(H,32,34)/t18-,19+. The van der Waals surface area contributed by atoms with Crippen LogP contribution in [0.5, 0.6) is 11.6 Å². The SMILES string of the molecule is O=C(N[C@H]1CC[C@@H](Nc2ccc3ccccc3n2)CC1)c1cccnc1Oc1ccc(F)c(Cl)c1. The van der Waals surface area contributed by atoms with Gasteiger partial charge in [-0.15, -0.1) is 0 Å². The Labute approximate surface area is 207 Å². The molecule has 0 radical (unpaired) electrons. The van der Waals surface area contributed by atoms with Crippen LogP contribution in [-0.2, 0) is 0 Å². The van der Waals surface area contributed by atoms with Gasteiger partial charge in [0.05, 0.1) is 10.5 Å². The second-order valence-electron chi connectivity index (χ2n) is 8.59. The number of benzene rings is 2. The molecular weight excluding hydrogens is 467 g/mol. The molecule has 2 heterocycles. The summed E-state index contributed by atoms with van der Waals surface area (Å²) in [5, 5.41) is 7.69. The number of anilines is 1. The molecule has 2 aromatic heterocycles. The fourth-order valence-corrected chi connectivity index (χ4v) is 4.47. The van der Waals surface area contributed by atoms with Crippen LogP contribution in [0.1, 0.15) is 36.0 Å². The molecule has 1 saturated carbocycles. The molecule has 0 saturated heterocycles. The van der Waals surface area contributed by atoms with E-state index in [1.54, 1.807) is 12.1 Å². The summed E-state index contributed by atoms with van der Waals surface area (Å²) in [5.74, 6) is 0.520. The van der Waals surface area contributed by atoms with E-state index in [0.29, 0.717) is 17.4 Å². The van der Waals surface area contributed by atoms with E-state index >= 15 is 0 Å². The largest absolute Gasteiger partial charge is 0.438 e. The van der Waals surface area contributed by atoms with Crippen molar-refractivity contribution in [3.05, 3.63) is 89.3 Å². The normalized spacial score (nSPS) is 17.7. The molecular formula is C27H24ClFN4O2. The van der Waals surface area contributed by atoms with E-state index in [4.69, 9.17) is 21.3 Å². The maximum absolute atomic E-state index is 13.4. The molecule has 1 amide bonds. The first-order valence-corrected chi connectivity index (χ1v) is 11.9. The van der Waals surface area contributed by atoms with Gasteiger partial charge in [-0.2, -0.15) is 0 Å². The first-order valence-electron chi connectivity index (χ1n) is 11.6. The summed E-state index contributed by atoms with van der Waals surface area (Å²) in [5.41, 5.74) is 1.28. The van der Waals surface area contributed by atoms with Crippen molar-refractivity contribution in [3.8, 4) is 11.6 Å². The lowest BCUT2D eigenvalue weighted by molar-refractivity contribution is 0.0923. The molecule has 6 nitrogen and oxygen atoms in total. The first-order chi connectivity index (χ1) is 17.0. The van der Waals surface area contributed by atoms with Crippen LogP contribution in [0.25, 0.3) is 10.9 Å². The summed E-state index contributed by atoms with van der Waals surface area (Å²) >= 11 is 5.84. The lowest BCUT2D eigenvalue weighted by Crippen LogP contribution is -2.40. The lowest BCUT2D eigenvalue weighted by Gasteiger charge is -2.30. The van der Waals surface area contributed by atoms with Crippen LogP contribution >= 0.6 is 11.6 Å². The predicted octanol–water partition coefficient (Wildman–Crippen LogP) is 6.37. The minimum Gasteiger partial charge on any atom is -0.438 e. The summed E-state index contributed by atoms with van der Waals surface area (Å²) in [6.45, 7) is 0. The van der Waals surface area contributed by atoms with Gasteiger partial charge in [-0.3, -0.25) is 4.79 Å². The maximum Gasteiger partial charge on any atom is 0.257 e. The van der Waals surface area contributed by atoms with Crippen molar-refractivity contribution in [2.45, 2.75) is 37.8 Å². The Hall–Kier alpha value is -3.71. The molecule has 0 spiro atoms. The summed E-state index contributed by atoms with van der Waals surface area (Å²) in [4.78, 5) is 21.9. The third kappa shape index (κ3) is 5.52. The number of aromatic nitrogens is 2. The van der Waals surface area contributed by atoms with Crippen LogP contribution in [0.4, 0.5) is 10.2 Å². The zero-order valence-corrected chi connectivity index (χ0v) is 19.6. The van der Waals surface area contributed by atoms with E-state index in [1.165, 1.54) is 24.4 Å². The number of carbonyl (C=O) groups excluding carboxylic acids is 1. The number of ether oxygens (including phenoxy) is 1. The number of hydrogen-bond donors (Lipinski definition) is 2. The molecule has 0 unspecified atom stereocenters. The number of carbonyl (C=O) groups is 1. The average Bonchev–Trinajstić information content (AvgIpc) is 2.88. The number of nitrogens with zero attached hydrogens (tertiary/aromatic N) is 2. The van der Waals surface area contributed by atoms with Gasteiger partial charge >= 0.3 is 0 Å². The van der Waals surface area contributed by atoms with Crippen LogP contribution in [0.2, 0.25) is 5.02 Å². The van der Waals surface area contributed by atoms with Crippen LogP contribution in [-0.4, -0.2) is 28.0 Å². The van der Waals surface area contributed by atoms with Crippen LogP contribution in [0, 0.1) is 5.82 Å². The Morgan fingerprint density at radius 2 is 1.77 bits per heavy atom. The van der Waals surface area contributed by atoms with Gasteiger partial charge in [-0.1, -0.05) is 29.8 Å². The van der Waals surface area contributed by atoms with Gasteiger partial charge in [0.25, 0.3) is 5.91 Å². The van der Waals surface area contributed by atoms with Crippen LogP contribution in [0.3, 0.4) is 0 Å². The molecule has 1 aliphatic rings. The topological polar surface area (TPSA) is 76.1 Å². The number of halogens is 2. The zero-order valence-electron chi connectivity index (χ0n) is 18.9. The third-order valence-corrected chi connectivity index (χ3v) is 6.42. The number of rotatable bonds is 6. The molecule has 0 bridgehead atoms. The van der Waals surface area contributed by atoms with E-state index in [2.05, 4.69) is 21.7 Å². The van der Waals surface area contributed by atoms with E-state index in [0.717, 1.165) is 42.4 Å². The van der Waals surface area contributed by atoms with Gasteiger partial charge in [0.2, 0.25) is 5.88 Å². The van der Waals surface area contributed by atoms with Crippen molar-refractivity contribution in [1.82, 2.24) is 15.3 Å². The van der Waals surface area contributed by atoms with E-state index in [-0.39, 0.29) is 22.9 Å². The number of hydrogen-bond acceptors (Lipinski definition) is 5. The smallest absolute Gasteiger partial charge is 0.257 e. The highest BCUT2D eigenvalue weighted by Gasteiger charge is 2.24. The summed E-state index contributed by atoms with van der Waals surface area (Å²) in [7, 11) is 0. The van der Waals surface area contributed by atoms with Gasteiger partial charge in [0, 0.05) is 29.7 Å². The van der Waals surface area contributed by atoms with Crippen molar-refractivity contribution in [3.63, 3.8) is 0 Å². The minimum absolute atomic E-state index is 0.0541. The van der Waals surface area contributed by atoms with Crippen molar-refractivity contribution in [1.29, 1.82) is 0 Å². The number of pyridine rings is 2. The Bertz CT molecular complexity index is 1360. The Morgan fingerprint density at radius 1 is 0.971 bits per heavy atom. The van der Waals surface area contributed by atoms with Crippen molar-refractivity contribution >= 4 is 34.2 Å². The quantitative estimate of drug-likeness (QED) is 0.328. The summed E-state index contributed by atoms with van der Waals surface area (Å²) in [6, 6.07) is 19.8. The fourth-order valence-electron chi connectivity index (χ4n) is 4.30. The summed E-state index contributed by atoms with van der Waals surface area (Å²) in [6.07, 6.45) is 5.07. The van der Waals surface area contributed by atoms with E-state index in [1.807, 2.05) is 30.3 Å². The molecule has 5 rings (SSSR count). The molecule has 0 atom stereocenters. The second kappa shape index (κ2) is 10.3. The van der Waals surface area contributed by atoms with Crippen LogP contribution < -0.4 is 15.4 Å². The number of fused-ring (bicyclic) bond motifs is 1. The zero-order chi connectivity index (χ0) is 24.2. The van der Waals surface area contributed by atoms with Gasteiger partial charge in [0.1, 0.15) is 22.9 Å². The van der Waals surface area contributed by atoms with Gasteiger partial charge in [-0.05, 0) is 68.1 Å². The van der Waals surface area contributed by atoms with Gasteiger partial charge < -0.3 is 15.4 Å². The molecule has 4 aromatic rings. The molecule has 8 heteroatoms. The monoisotopic (exact) mass is 490 g/mol. The molecule has 2 aromatic carbocycles. The highest BCUT2D eigenvalue weighted by atomic mass is 35.5. The molecule has 178 valence electrons. The van der Waals surface area contributed by atoms with E-state index < -0.39 is 5.82 Å². The molecule has 1 fully saturated rings. The van der Waals surface area contributed by atoms with E-state index in [9.17, 15) is 9.18 Å². The highest BCUT2D eigenvalue weighted by Crippen LogP contribution is 2.28. The van der Waals surface area contributed by atoms with Crippen molar-refractivity contribution < 1.29 is 13.9 Å². The summed E-state index contributed by atoms with van der Waals surface area (Å²) < 4.78 is 19.2. The predicted molar refractivity (Wildman–Crippen MR) is 135 cm³/mol. The number of nitrogens with one attached hydrogen (secondary N) is 2. The Balaban J connectivity index is 1.18. The molecule has 2 N–H and O–H groups in total.